The minimum absolute atomic E-state index is 0.111. The molecule has 0 spiro atoms. The van der Waals surface area contributed by atoms with Crippen LogP contribution in [0.3, 0.4) is 0 Å². The molecule has 0 aliphatic carbocycles. The number of H-pyrrole nitrogens is 1. The molecule has 2 aliphatic rings. The predicted molar refractivity (Wildman–Crippen MR) is 124 cm³/mol. The van der Waals surface area contributed by atoms with Crippen LogP contribution >= 0.6 is 0 Å². The number of pyridine rings is 1. The number of fused-ring (bicyclic) bond motifs is 1. The Morgan fingerprint density at radius 1 is 1.14 bits per heavy atom. The molecular weight excluding hydrogens is 457 g/mol. The molecule has 184 valence electrons. The zero-order valence-corrected chi connectivity index (χ0v) is 19.2. The fourth-order valence-corrected chi connectivity index (χ4v) is 4.98. The maximum Gasteiger partial charge on any atom is 0.416 e. The Morgan fingerprint density at radius 3 is 2.74 bits per heavy atom. The van der Waals surface area contributed by atoms with Crippen LogP contribution < -0.4 is 5.32 Å². The van der Waals surface area contributed by atoms with Gasteiger partial charge in [-0.2, -0.15) is 18.3 Å². The lowest BCUT2D eigenvalue weighted by molar-refractivity contribution is -0.138. The van der Waals surface area contributed by atoms with Crippen LogP contribution in [-0.4, -0.2) is 56.7 Å². The quantitative estimate of drug-likeness (QED) is 0.581. The molecule has 1 saturated heterocycles. The molecule has 4 heterocycles. The number of halogens is 3. The highest BCUT2D eigenvalue weighted by Crippen LogP contribution is 2.33. The standard InChI is InChI=1S/C25H27F3N6O/c26-25(27,28)21-6-2-1-4-18(21)14-33-12-3-5-19(15-33)30-24(35)34-13-9-22-20(16-34)23(32-31-22)17-7-10-29-11-8-17/h1-2,4,6-8,10-11,19H,3,5,9,12-16H2,(H,30,35)(H,31,32)/t19-/m1/s1. The predicted octanol–water partition coefficient (Wildman–Crippen LogP) is 4.22. The molecule has 2 N–H and O–H groups in total. The maximum absolute atomic E-state index is 13.4. The summed E-state index contributed by atoms with van der Waals surface area (Å²) in [5.74, 6) is 0. The van der Waals surface area contributed by atoms with Gasteiger partial charge in [0.25, 0.3) is 0 Å². The Hall–Kier alpha value is -3.40. The molecule has 7 nitrogen and oxygen atoms in total. The number of aromatic amines is 1. The van der Waals surface area contributed by atoms with E-state index in [0.29, 0.717) is 32.6 Å². The summed E-state index contributed by atoms with van der Waals surface area (Å²) in [7, 11) is 0. The first-order chi connectivity index (χ1) is 16.9. The summed E-state index contributed by atoms with van der Waals surface area (Å²) in [5.41, 5.74) is 3.48. The third-order valence-corrected chi connectivity index (χ3v) is 6.72. The summed E-state index contributed by atoms with van der Waals surface area (Å²) in [4.78, 5) is 20.9. The van der Waals surface area contributed by atoms with Gasteiger partial charge >= 0.3 is 12.2 Å². The Labute approximate surface area is 201 Å². The number of carbonyl (C=O) groups is 1. The number of amides is 2. The zero-order valence-electron chi connectivity index (χ0n) is 19.2. The molecule has 1 fully saturated rings. The SMILES string of the molecule is O=C(N[C@@H]1CCCN(Cc2ccccc2C(F)(F)F)C1)N1CCc2[nH]nc(-c3ccncc3)c2C1. The van der Waals surface area contributed by atoms with Crippen LogP contribution in [0.5, 0.6) is 0 Å². The number of rotatable bonds is 4. The number of benzene rings is 1. The van der Waals surface area contributed by atoms with Crippen LogP contribution in [0.1, 0.15) is 35.2 Å². The van der Waals surface area contributed by atoms with Gasteiger partial charge in [-0.3, -0.25) is 15.0 Å². The monoisotopic (exact) mass is 484 g/mol. The van der Waals surface area contributed by atoms with E-state index in [1.165, 1.54) is 12.1 Å². The highest BCUT2D eigenvalue weighted by molar-refractivity contribution is 5.75. The molecule has 2 amide bonds. The average Bonchev–Trinajstić information content (AvgIpc) is 3.28. The van der Waals surface area contributed by atoms with Gasteiger partial charge in [0.05, 0.1) is 17.8 Å². The number of likely N-dealkylation sites (tertiary alicyclic amines) is 1. The number of alkyl halides is 3. The van der Waals surface area contributed by atoms with Crippen molar-refractivity contribution in [2.45, 2.75) is 44.6 Å². The normalized spacial score (nSPS) is 18.8. The second-order valence-corrected chi connectivity index (χ2v) is 9.12. The van der Waals surface area contributed by atoms with Gasteiger partial charge in [0.2, 0.25) is 0 Å². The van der Waals surface area contributed by atoms with Gasteiger partial charge in [0.15, 0.2) is 0 Å². The lowest BCUT2D eigenvalue weighted by Crippen LogP contribution is -2.52. The van der Waals surface area contributed by atoms with Crippen LogP contribution in [0.25, 0.3) is 11.3 Å². The number of piperidine rings is 1. The van der Waals surface area contributed by atoms with Gasteiger partial charge in [-0.25, -0.2) is 4.79 Å². The van der Waals surface area contributed by atoms with Crippen molar-refractivity contribution in [3.8, 4) is 11.3 Å². The first-order valence-electron chi connectivity index (χ1n) is 11.8. The van der Waals surface area contributed by atoms with Crippen LogP contribution in [0, 0.1) is 0 Å². The minimum Gasteiger partial charge on any atom is -0.334 e. The fourth-order valence-electron chi connectivity index (χ4n) is 4.98. The molecule has 0 radical (unpaired) electrons. The van der Waals surface area contributed by atoms with Gasteiger partial charge in [0, 0.05) is 61.3 Å². The smallest absolute Gasteiger partial charge is 0.334 e. The van der Waals surface area contributed by atoms with Gasteiger partial charge in [-0.05, 0) is 43.1 Å². The zero-order chi connectivity index (χ0) is 24.4. The second-order valence-electron chi connectivity index (χ2n) is 9.12. The fraction of sp³-hybridized carbons (Fsp3) is 0.400. The molecule has 3 aromatic rings. The van der Waals surface area contributed by atoms with E-state index in [-0.39, 0.29) is 24.2 Å². The number of aromatic nitrogens is 3. The van der Waals surface area contributed by atoms with Gasteiger partial charge in [-0.1, -0.05) is 18.2 Å². The summed E-state index contributed by atoms with van der Waals surface area (Å²) < 4.78 is 40.2. The van der Waals surface area contributed by atoms with Crippen molar-refractivity contribution in [3.05, 3.63) is 71.2 Å². The minimum atomic E-state index is -4.38. The van der Waals surface area contributed by atoms with Crippen molar-refractivity contribution in [1.29, 1.82) is 0 Å². The number of hydrogen-bond acceptors (Lipinski definition) is 4. The van der Waals surface area contributed by atoms with E-state index in [1.807, 2.05) is 17.0 Å². The number of carbonyl (C=O) groups excluding carboxylic acids is 1. The van der Waals surface area contributed by atoms with Crippen molar-refractivity contribution < 1.29 is 18.0 Å². The van der Waals surface area contributed by atoms with E-state index in [0.717, 1.165) is 41.4 Å². The summed E-state index contributed by atoms with van der Waals surface area (Å²) in [6.45, 7) is 2.46. The third kappa shape index (κ3) is 5.17. The van der Waals surface area contributed by atoms with Crippen molar-refractivity contribution in [3.63, 3.8) is 0 Å². The van der Waals surface area contributed by atoms with Crippen molar-refractivity contribution in [2.24, 2.45) is 0 Å². The first-order valence-corrected chi connectivity index (χ1v) is 11.8. The van der Waals surface area contributed by atoms with Crippen LogP contribution in [0.4, 0.5) is 18.0 Å². The Balaban J connectivity index is 1.22. The number of nitrogens with one attached hydrogen (secondary N) is 2. The Kier molecular flexibility index (Phi) is 6.46. The average molecular weight is 485 g/mol. The van der Waals surface area contributed by atoms with Crippen LogP contribution in [0.15, 0.2) is 48.8 Å². The van der Waals surface area contributed by atoms with E-state index in [4.69, 9.17) is 0 Å². The van der Waals surface area contributed by atoms with Gasteiger partial charge in [-0.15, -0.1) is 0 Å². The number of hydrogen-bond donors (Lipinski definition) is 2. The molecule has 10 heteroatoms. The lowest BCUT2D eigenvalue weighted by atomic mass is 10.0. The maximum atomic E-state index is 13.4. The highest BCUT2D eigenvalue weighted by atomic mass is 19.4. The van der Waals surface area contributed by atoms with Gasteiger partial charge in [0.1, 0.15) is 0 Å². The molecule has 2 aromatic heterocycles. The van der Waals surface area contributed by atoms with E-state index >= 15 is 0 Å². The van der Waals surface area contributed by atoms with Crippen LogP contribution in [0.2, 0.25) is 0 Å². The molecule has 0 bridgehead atoms. The summed E-state index contributed by atoms with van der Waals surface area (Å²) in [5, 5.41) is 10.7. The first kappa shape index (κ1) is 23.3. The molecule has 35 heavy (non-hydrogen) atoms. The van der Waals surface area contributed by atoms with Crippen LogP contribution in [-0.2, 0) is 25.7 Å². The summed E-state index contributed by atoms with van der Waals surface area (Å²) in [6.07, 6.45) is 1.35. The summed E-state index contributed by atoms with van der Waals surface area (Å²) in [6, 6.07) is 9.22. The number of nitrogens with zero attached hydrogens (tertiary/aromatic N) is 4. The molecule has 0 saturated carbocycles. The molecular formula is C25H27F3N6O. The Bertz CT molecular complexity index is 1180. The molecule has 1 atom stereocenters. The van der Waals surface area contributed by atoms with E-state index < -0.39 is 11.7 Å². The van der Waals surface area contributed by atoms with E-state index in [1.54, 1.807) is 23.4 Å². The van der Waals surface area contributed by atoms with Crippen molar-refractivity contribution >= 4 is 6.03 Å². The second kappa shape index (κ2) is 9.69. The lowest BCUT2D eigenvalue weighted by Gasteiger charge is -2.35. The Morgan fingerprint density at radius 2 is 1.94 bits per heavy atom. The van der Waals surface area contributed by atoms with E-state index in [9.17, 15) is 18.0 Å². The number of urea groups is 1. The summed E-state index contributed by atoms with van der Waals surface area (Å²) >= 11 is 0. The molecule has 1 aromatic carbocycles. The van der Waals surface area contributed by atoms with Gasteiger partial charge < -0.3 is 10.2 Å². The molecule has 5 rings (SSSR count). The van der Waals surface area contributed by atoms with Crippen molar-refractivity contribution in [1.82, 2.24) is 30.3 Å². The van der Waals surface area contributed by atoms with E-state index in [2.05, 4.69) is 20.5 Å². The van der Waals surface area contributed by atoms with Crippen molar-refractivity contribution in [2.75, 3.05) is 19.6 Å². The molecule has 0 unspecified atom stereocenters. The largest absolute Gasteiger partial charge is 0.416 e. The topological polar surface area (TPSA) is 77.2 Å². The highest BCUT2D eigenvalue weighted by Gasteiger charge is 2.34. The third-order valence-electron chi connectivity index (χ3n) is 6.72. The molecule has 2 aliphatic heterocycles.